The maximum absolute atomic E-state index is 14.3. The predicted octanol–water partition coefficient (Wildman–Crippen LogP) is 5.93. The van der Waals surface area contributed by atoms with Crippen molar-refractivity contribution in [2.45, 2.75) is 57.1 Å². The standard InChI is InChI=1S/C31H37Cl2N3O6S/c1-7-26(30(38)34-31(2,3)4)35(19-21-13-15-24(32)25(33)17-21)29(37)20-36(43(39,40)23-11-9-8-10-12-23)27-18-22(41-5)14-16-28(27)42-6/h8-18,26H,7,19-20H2,1-6H3,(H,34,38)/t26-/m0/s1. The minimum absolute atomic E-state index is 0.0266. The summed E-state index contributed by atoms with van der Waals surface area (Å²) in [6.07, 6.45) is 0.267. The molecule has 0 unspecified atom stereocenters. The van der Waals surface area contributed by atoms with Crippen molar-refractivity contribution in [3.8, 4) is 11.5 Å². The molecule has 9 nitrogen and oxygen atoms in total. The normalized spacial score (nSPS) is 12.3. The summed E-state index contributed by atoms with van der Waals surface area (Å²) in [4.78, 5) is 29.1. The quantitative estimate of drug-likeness (QED) is 0.261. The van der Waals surface area contributed by atoms with Gasteiger partial charge in [-0.2, -0.15) is 0 Å². The van der Waals surface area contributed by atoms with E-state index in [2.05, 4.69) is 5.32 Å². The number of anilines is 1. The highest BCUT2D eigenvalue weighted by molar-refractivity contribution is 7.92. The third-order valence-corrected chi connectivity index (χ3v) is 9.00. The van der Waals surface area contributed by atoms with Crippen LogP contribution in [0.25, 0.3) is 0 Å². The number of carbonyl (C=O) groups excluding carboxylic acids is 2. The van der Waals surface area contributed by atoms with Gasteiger partial charge in [0.1, 0.15) is 24.1 Å². The van der Waals surface area contributed by atoms with E-state index < -0.39 is 34.1 Å². The van der Waals surface area contributed by atoms with Gasteiger partial charge in [0.05, 0.1) is 34.8 Å². The zero-order valence-electron chi connectivity index (χ0n) is 25.1. The van der Waals surface area contributed by atoms with E-state index in [1.54, 1.807) is 55.5 Å². The lowest BCUT2D eigenvalue weighted by atomic mass is 10.1. The second-order valence-corrected chi connectivity index (χ2v) is 13.5. The molecule has 232 valence electrons. The Hall–Kier alpha value is -3.47. The highest BCUT2D eigenvalue weighted by Gasteiger charge is 2.35. The minimum Gasteiger partial charge on any atom is -0.497 e. The van der Waals surface area contributed by atoms with Crippen molar-refractivity contribution in [2.24, 2.45) is 0 Å². The van der Waals surface area contributed by atoms with Gasteiger partial charge in [0.2, 0.25) is 11.8 Å². The number of benzene rings is 3. The second-order valence-electron chi connectivity index (χ2n) is 10.8. The third-order valence-electron chi connectivity index (χ3n) is 6.49. The molecule has 0 saturated heterocycles. The van der Waals surface area contributed by atoms with E-state index in [4.69, 9.17) is 32.7 Å². The number of nitrogens with zero attached hydrogens (tertiary/aromatic N) is 2. The zero-order chi connectivity index (χ0) is 31.9. The van der Waals surface area contributed by atoms with E-state index in [0.717, 1.165) is 4.31 Å². The number of carbonyl (C=O) groups is 2. The zero-order valence-corrected chi connectivity index (χ0v) is 27.4. The molecule has 0 aliphatic rings. The first-order chi connectivity index (χ1) is 20.2. The van der Waals surface area contributed by atoms with E-state index >= 15 is 0 Å². The van der Waals surface area contributed by atoms with Gasteiger partial charge in [-0.25, -0.2) is 8.42 Å². The SMILES string of the molecule is CC[C@@H](C(=O)NC(C)(C)C)N(Cc1ccc(Cl)c(Cl)c1)C(=O)CN(c1cc(OC)ccc1OC)S(=O)(=O)c1ccccc1. The Morgan fingerprint density at radius 3 is 2.16 bits per heavy atom. The summed E-state index contributed by atoms with van der Waals surface area (Å²) >= 11 is 12.4. The van der Waals surface area contributed by atoms with Crippen molar-refractivity contribution in [1.29, 1.82) is 0 Å². The van der Waals surface area contributed by atoms with E-state index in [1.165, 1.54) is 37.3 Å². The van der Waals surface area contributed by atoms with Crippen LogP contribution in [0, 0.1) is 0 Å². The highest BCUT2D eigenvalue weighted by Crippen LogP contribution is 2.36. The third kappa shape index (κ3) is 8.55. The van der Waals surface area contributed by atoms with Crippen molar-refractivity contribution in [3.63, 3.8) is 0 Å². The molecule has 3 aromatic rings. The van der Waals surface area contributed by atoms with Gasteiger partial charge < -0.3 is 19.7 Å². The van der Waals surface area contributed by atoms with Gasteiger partial charge in [0.15, 0.2) is 0 Å². The van der Waals surface area contributed by atoms with Crippen LogP contribution >= 0.6 is 23.2 Å². The molecule has 1 N–H and O–H groups in total. The van der Waals surface area contributed by atoms with Gasteiger partial charge in [0.25, 0.3) is 10.0 Å². The Labute approximate surface area is 263 Å². The number of nitrogens with one attached hydrogen (secondary N) is 1. The van der Waals surface area contributed by atoms with E-state index in [-0.39, 0.29) is 40.2 Å². The van der Waals surface area contributed by atoms with Gasteiger partial charge in [-0.1, -0.05) is 54.4 Å². The summed E-state index contributed by atoms with van der Waals surface area (Å²) in [6, 6.07) is 16.4. The molecule has 3 aromatic carbocycles. The second kappa shape index (κ2) is 14.3. The molecular formula is C31H37Cl2N3O6S. The largest absolute Gasteiger partial charge is 0.497 e. The average molecular weight is 651 g/mol. The van der Waals surface area contributed by atoms with E-state index in [1.807, 2.05) is 20.8 Å². The van der Waals surface area contributed by atoms with Crippen LogP contribution in [0.2, 0.25) is 10.0 Å². The minimum atomic E-state index is -4.30. The van der Waals surface area contributed by atoms with Crippen LogP contribution < -0.4 is 19.1 Å². The van der Waals surface area contributed by atoms with Gasteiger partial charge >= 0.3 is 0 Å². The Morgan fingerprint density at radius 2 is 1.60 bits per heavy atom. The molecule has 0 heterocycles. The van der Waals surface area contributed by atoms with Crippen LogP contribution in [-0.4, -0.2) is 57.5 Å². The number of amides is 2. The van der Waals surface area contributed by atoms with Crippen LogP contribution in [-0.2, 0) is 26.2 Å². The van der Waals surface area contributed by atoms with Crippen LogP contribution in [0.1, 0.15) is 39.7 Å². The number of halogens is 2. The first-order valence-electron chi connectivity index (χ1n) is 13.6. The Bertz CT molecular complexity index is 1540. The van der Waals surface area contributed by atoms with E-state index in [0.29, 0.717) is 16.3 Å². The fourth-order valence-corrected chi connectivity index (χ4v) is 6.19. The van der Waals surface area contributed by atoms with Crippen molar-refractivity contribution in [3.05, 3.63) is 82.3 Å². The number of hydrogen-bond acceptors (Lipinski definition) is 6. The summed E-state index contributed by atoms with van der Waals surface area (Å²) in [5.41, 5.74) is 0.140. The number of hydrogen-bond donors (Lipinski definition) is 1. The molecule has 43 heavy (non-hydrogen) atoms. The van der Waals surface area contributed by atoms with Gasteiger partial charge in [0, 0.05) is 18.2 Å². The Morgan fingerprint density at radius 1 is 0.930 bits per heavy atom. The van der Waals surface area contributed by atoms with Crippen molar-refractivity contribution >= 4 is 50.7 Å². The lowest BCUT2D eigenvalue weighted by Crippen LogP contribution is -2.55. The maximum atomic E-state index is 14.3. The van der Waals surface area contributed by atoms with Gasteiger partial charge in [-0.15, -0.1) is 0 Å². The topological polar surface area (TPSA) is 105 Å². The summed E-state index contributed by atoms with van der Waals surface area (Å²) in [5, 5.41) is 3.56. The average Bonchev–Trinajstić information content (AvgIpc) is 2.96. The number of ether oxygens (including phenoxy) is 2. The van der Waals surface area contributed by atoms with Crippen LogP contribution in [0.4, 0.5) is 5.69 Å². The number of rotatable bonds is 12. The van der Waals surface area contributed by atoms with Crippen molar-refractivity contribution in [2.75, 3.05) is 25.1 Å². The molecule has 0 bridgehead atoms. The summed E-state index contributed by atoms with van der Waals surface area (Å²) in [7, 11) is -1.44. The first kappa shape index (κ1) is 34.0. The molecule has 12 heteroatoms. The number of methoxy groups -OCH3 is 2. The molecule has 0 radical (unpaired) electrons. The molecule has 0 aliphatic heterocycles. The van der Waals surface area contributed by atoms with Gasteiger partial charge in [-0.05, 0) is 69.2 Å². The molecule has 0 aliphatic carbocycles. The summed E-state index contributed by atoms with van der Waals surface area (Å²) in [6.45, 7) is 6.64. The molecule has 0 spiro atoms. The Balaban J connectivity index is 2.16. The smallest absolute Gasteiger partial charge is 0.264 e. The summed E-state index contributed by atoms with van der Waals surface area (Å²) in [5.74, 6) is -0.423. The maximum Gasteiger partial charge on any atom is 0.264 e. The molecular weight excluding hydrogens is 613 g/mol. The lowest BCUT2D eigenvalue weighted by Gasteiger charge is -2.35. The summed E-state index contributed by atoms with van der Waals surface area (Å²) < 4.78 is 40.1. The molecule has 0 saturated carbocycles. The first-order valence-corrected chi connectivity index (χ1v) is 15.8. The molecule has 3 rings (SSSR count). The highest BCUT2D eigenvalue weighted by atomic mass is 35.5. The number of sulfonamides is 1. The molecule has 0 fully saturated rings. The van der Waals surface area contributed by atoms with Crippen molar-refractivity contribution in [1.82, 2.24) is 10.2 Å². The van der Waals surface area contributed by atoms with Gasteiger partial charge in [-0.3, -0.25) is 13.9 Å². The Kier molecular flexibility index (Phi) is 11.3. The van der Waals surface area contributed by atoms with Crippen LogP contribution in [0.15, 0.2) is 71.6 Å². The fraction of sp³-hybridized carbons (Fsp3) is 0.355. The van der Waals surface area contributed by atoms with E-state index in [9.17, 15) is 18.0 Å². The van der Waals surface area contributed by atoms with Crippen molar-refractivity contribution < 1.29 is 27.5 Å². The van der Waals surface area contributed by atoms with Crippen LogP contribution in [0.3, 0.4) is 0 Å². The molecule has 1 atom stereocenters. The molecule has 0 aromatic heterocycles. The monoisotopic (exact) mass is 649 g/mol. The lowest BCUT2D eigenvalue weighted by molar-refractivity contribution is -0.141. The van der Waals surface area contributed by atoms with Crippen LogP contribution in [0.5, 0.6) is 11.5 Å². The predicted molar refractivity (Wildman–Crippen MR) is 170 cm³/mol. The fourth-order valence-electron chi connectivity index (χ4n) is 4.43. The molecule has 2 amide bonds.